The molecule has 8 heteroatoms. The molecule has 0 aliphatic heterocycles. The zero-order valence-electron chi connectivity index (χ0n) is 15.1. The molecule has 0 radical (unpaired) electrons. The summed E-state index contributed by atoms with van der Waals surface area (Å²) in [7, 11) is -5.60. The first-order chi connectivity index (χ1) is 13.7. The van der Waals surface area contributed by atoms with Crippen molar-refractivity contribution in [2.24, 2.45) is 0 Å². The number of hydrogen-bond acceptors (Lipinski definition) is 2. The maximum Gasteiger partial charge on any atom is 0.399 e. The van der Waals surface area contributed by atoms with Crippen molar-refractivity contribution in [3.63, 3.8) is 0 Å². The van der Waals surface area contributed by atoms with Gasteiger partial charge in [-0.1, -0.05) is 82.7 Å². The highest BCUT2D eigenvalue weighted by molar-refractivity contribution is 9.10. The number of hydrogen-bond donors (Lipinski definition) is 2. The molecule has 29 heavy (non-hydrogen) atoms. The maximum absolute atomic E-state index is 13.9. The molecule has 3 aromatic carbocycles. The van der Waals surface area contributed by atoms with Crippen molar-refractivity contribution < 1.29 is 23.1 Å². The van der Waals surface area contributed by atoms with E-state index in [0.29, 0.717) is 5.75 Å². The summed E-state index contributed by atoms with van der Waals surface area (Å²) in [5, 5.41) is 0. The fourth-order valence-corrected chi connectivity index (χ4v) is 5.20. The van der Waals surface area contributed by atoms with Crippen LogP contribution in [0.15, 0.2) is 77.3 Å². The van der Waals surface area contributed by atoms with Crippen LogP contribution in [0, 0.1) is 0 Å². The number of alkyl halides is 2. The highest BCUT2D eigenvalue weighted by Gasteiger charge is 2.51. The summed E-state index contributed by atoms with van der Waals surface area (Å²) in [6, 6.07) is 22.2. The van der Waals surface area contributed by atoms with Crippen LogP contribution in [-0.4, -0.2) is 9.79 Å². The van der Waals surface area contributed by atoms with Gasteiger partial charge < -0.3 is 9.79 Å². The van der Waals surface area contributed by atoms with E-state index in [1.54, 1.807) is 11.8 Å². The van der Waals surface area contributed by atoms with Gasteiger partial charge in [-0.05, 0) is 28.3 Å². The number of rotatable bonds is 7. The van der Waals surface area contributed by atoms with E-state index in [2.05, 4.69) is 40.2 Å². The van der Waals surface area contributed by atoms with Crippen LogP contribution in [0.5, 0.6) is 0 Å². The van der Waals surface area contributed by atoms with Crippen LogP contribution in [0.2, 0.25) is 0 Å². The van der Waals surface area contributed by atoms with Gasteiger partial charge in [0.2, 0.25) is 0 Å². The van der Waals surface area contributed by atoms with Gasteiger partial charge in [-0.3, -0.25) is 4.57 Å². The third kappa shape index (κ3) is 5.16. The Morgan fingerprint density at radius 1 is 0.931 bits per heavy atom. The summed E-state index contributed by atoms with van der Waals surface area (Å²) in [6.07, 6.45) is 0. The van der Waals surface area contributed by atoms with Gasteiger partial charge in [0.15, 0.2) is 0 Å². The molecule has 0 unspecified atom stereocenters. The predicted octanol–water partition coefficient (Wildman–Crippen LogP) is 6.78. The van der Waals surface area contributed by atoms with Gasteiger partial charge >= 0.3 is 13.3 Å². The largest absolute Gasteiger partial charge is 0.399 e. The Morgan fingerprint density at radius 2 is 1.59 bits per heavy atom. The maximum atomic E-state index is 13.9. The summed E-state index contributed by atoms with van der Waals surface area (Å²) in [5.74, 6) is 1.31. The van der Waals surface area contributed by atoms with Crippen molar-refractivity contribution in [3.8, 4) is 11.1 Å². The van der Waals surface area contributed by atoms with Gasteiger partial charge in [0.25, 0.3) is 0 Å². The Bertz CT molecular complexity index is 1040. The summed E-state index contributed by atoms with van der Waals surface area (Å²) >= 11 is 4.66. The molecule has 0 heterocycles. The second kappa shape index (κ2) is 9.11. The zero-order chi connectivity index (χ0) is 21.1. The molecular weight excluding hydrogens is 481 g/mol. The van der Waals surface area contributed by atoms with Crippen LogP contribution in [0.4, 0.5) is 8.78 Å². The summed E-state index contributed by atoms with van der Waals surface area (Å²) < 4.78 is 38.9. The SMILES string of the molecule is O=P(O)(O)C(F)(F)c1ccc(CSCc2ccccc2-c2ccccc2)cc1Br. The number of benzene rings is 3. The minimum absolute atomic E-state index is 0.0198. The molecule has 0 bridgehead atoms. The van der Waals surface area contributed by atoms with Crippen molar-refractivity contribution in [2.45, 2.75) is 17.2 Å². The molecule has 0 amide bonds. The summed E-state index contributed by atoms with van der Waals surface area (Å²) in [6.45, 7) is 0. The molecule has 0 saturated heterocycles. The average molecular weight is 499 g/mol. The number of halogens is 3. The molecule has 0 aliphatic carbocycles. The van der Waals surface area contributed by atoms with Gasteiger partial charge in [-0.25, -0.2) is 0 Å². The van der Waals surface area contributed by atoms with E-state index < -0.39 is 18.8 Å². The first-order valence-corrected chi connectivity index (χ1v) is 12.2. The van der Waals surface area contributed by atoms with Crippen molar-refractivity contribution in [3.05, 3.63) is 94.0 Å². The Hall–Kier alpha value is -1.50. The van der Waals surface area contributed by atoms with Gasteiger partial charge in [-0.15, -0.1) is 0 Å². The van der Waals surface area contributed by atoms with E-state index in [-0.39, 0.29) is 4.47 Å². The van der Waals surface area contributed by atoms with Crippen molar-refractivity contribution in [2.75, 3.05) is 0 Å². The smallest absolute Gasteiger partial charge is 0.320 e. The number of thioether (sulfide) groups is 1. The van der Waals surface area contributed by atoms with Crippen LogP contribution in [0.3, 0.4) is 0 Å². The molecule has 3 aromatic rings. The molecule has 152 valence electrons. The van der Waals surface area contributed by atoms with Crippen molar-refractivity contribution in [1.29, 1.82) is 0 Å². The molecule has 0 aliphatic rings. The van der Waals surface area contributed by atoms with Gasteiger partial charge in [0.05, 0.1) is 0 Å². The quantitative estimate of drug-likeness (QED) is 0.352. The van der Waals surface area contributed by atoms with Gasteiger partial charge in [0.1, 0.15) is 0 Å². The first-order valence-electron chi connectivity index (χ1n) is 8.63. The normalized spacial score (nSPS) is 12.2. The van der Waals surface area contributed by atoms with Gasteiger partial charge in [0, 0.05) is 21.5 Å². The average Bonchev–Trinajstić information content (AvgIpc) is 2.68. The van der Waals surface area contributed by atoms with E-state index in [1.807, 2.05) is 30.3 Å². The lowest BCUT2D eigenvalue weighted by Crippen LogP contribution is -2.14. The Labute approximate surface area is 180 Å². The topological polar surface area (TPSA) is 57.5 Å². The molecule has 0 atom stereocenters. The second-order valence-corrected chi connectivity index (χ2v) is 9.91. The first kappa shape index (κ1) is 22.2. The Balaban J connectivity index is 1.71. The van der Waals surface area contributed by atoms with Crippen molar-refractivity contribution in [1.82, 2.24) is 0 Å². The molecule has 3 rings (SSSR count). The molecular formula is C21H18BrF2O3PS. The summed E-state index contributed by atoms with van der Waals surface area (Å²) in [4.78, 5) is 17.8. The Kier molecular flexibility index (Phi) is 6.97. The lowest BCUT2D eigenvalue weighted by molar-refractivity contribution is 0.0557. The molecule has 0 aromatic heterocycles. The summed E-state index contributed by atoms with van der Waals surface area (Å²) in [5.41, 5.74) is -0.703. The fourth-order valence-electron chi connectivity index (χ4n) is 2.87. The highest BCUT2D eigenvalue weighted by Crippen LogP contribution is 2.60. The third-order valence-electron chi connectivity index (χ3n) is 4.35. The lowest BCUT2D eigenvalue weighted by Gasteiger charge is -2.19. The fraction of sp³-hybridized carbons (Fsp3) is 0.143. The highest BCUT2D eigenvalue weighted by atomic mass is 79.9. The van der Waals surface area contributed by atoms with Crippen LogP contribution in [0.25, 0.3) is 11.1 Å². The predicted molar refractivity (Wildman–Crippen MR) is 117 cm³/mol. The second-order valence-electron chi connectivity index (χ2n) is 6.42. The van der Waals surface area contributed by atoms with Crippen LogP contribution in [-0.2, 0) is 21.7 Å². The van der Waals surface area contributed by atoms with Crippen molar-refractivity contribution >= 4 is 35.3 Å². The molecule has 0 spiro atoms. The van der Waals surface area contributed by atoms with Gasteiger partial charge in [-0.2, -0.15) is 20.5 Å². The Morgan fingerprint density at radius 3 is 2.24 bits per heavy atom. The molecule has 3 nitrogen and oxygen atoms in total. The monoisotopic (exact) mass is 498 g/mol. The standard InChI is InChI=1S/C21H18BrF2O3PS/c22-20-12-15(10-11-19(20)21(23,24)28(25,26)27)13-29-14-17-8-4-5-9-18(17)16-6-2-1-3-7-16/h1-12H,13-14H2,(H2,25,26,27). The molecule has 0 fully saturated rings. The van der Waals surface area contributed by atoms with E-state index in [9.17, 15) is 13.3 Å². The minimum Gasteiger partial charge on any atom is -0.320 e. The van der Waals surface area contributed by atoms with E-state index in [1.165, 1.54) is 17.7 Å². The van der Waals surface area contributed by atoms with Crippen LogP contribution < -0.4 is 0 Å². The zero-order valence-corrected chi connectivity index (χ0v) is 18.4. The third-order valence-corrected chi connectivity index (χ3v) is 7.03. The van der Waals surface area contributed by atoms with E-state index in [4.69, 9.17) is 9.79 Å². The van der Waals surface area contributed by atoms with Crippen LogP contribution >= 0.6 is 35.3 Å². The van der Waals surface area contributed by atoms with Crippen LogP contribution in [0.1, 0.15) is 16.7 Å². The van der Waals surface area contributed by atoms with E-state index >= 15 is 0 Å². The minimum atomic E-state index is -5.60. The van der Waals surface area contributed by atoms with E-state index in [0.717, 1.165) is 28.5 Å². The molecule has 2 N–H and O–H groups in total. The molecule has 0 saturated carbocycles. The lowest BCUT2D eigenvalue weighted by atomic mass is 10.0.